The lowest BCUT2D eigenvalue weighted by Crippen LogP contribution is -2.66. The molecule has 0 saturated carbocycles. The van der Waals surface area contributed by atoms with Crippen molar-refractivity contribution in [1.29, 1.82) is 0 Å². The summed E-state index contributed by atoms with van der Waals surface area (Å²) in [6.45, 7) is 0. The van der Waals surface area contributed by atoms with Crippen molar-refractivity contribution in [2.75, 3.05) is 5.75 Å². The molecule has 0 fully saturated rings. The van der Waals surface area contributed by atoms with Crippen molar-refractivity contribution in [3.8, 4) is 0 Å². The normalized spacial score (nSPS) is 15.4. The number of carbonyl (C=O) groups excluding carboxylic acids is 1. The Balaban J connectivity index is 4.92. The van der Waals surface area contributed by atoms with Crippen molar-refractivity contribution in [3.05, 3.63) is 0 Å². The third-order valence-corrected chi connectivity index (χ3v) is 3.08. The molecule has 0 aromatic carbocycles. The molecule has 0 aliphatic rings. The van der Waals surface area contributed by atoms with E-state index in [9.17, 15) is 4.79 Å². The summed E-state index contributed by atoms with van der Waals surface area (Å²) >= 11 is 3.95. The van der Waals surface area contributed by atoms with Crippen molar-refractivity contribution in [2.24, 2.45) is 52.0 Å². The third kappa shape index (κ3) is 6.01. The minimum absolute atomic E-state index is 0.220. The number of hydrogen-bond acceptors (Lipinski definition) is 9. The maximum atomic E-state index is 11.5. The molecule has 0 bridgehead atoms. The van der Waals surface area contributed by atoms with Gasteiger partial charge in [0.2, 0.25) is 5.91 Å². The van der Waals surface area contributed by atoms with E-state index in [2.05, 4.69) is 17.9 Å². The Bertz CT molecular complexity index is 267. The highest BCUT2D eigenvalue weighted by Crippen LogP contribution is 2.18. The van der Waals surface area contributed by atoms with E-state index in [0.29, 0.717) is 5.75 Å². The van der Waals surface area contributed by atoms with Crippen molar-refractivity contribution < 1.29 is 4.79 Å². The number of nitrogens with one attached hydrogen (secondary N) is 1. The highest BCUT2D eigenvalue weighted by Gasteiger charge is 2.36. The molecular weight excluding hydrogens is 268 g/mol. The lowest BCUT2D eigenvalue weighted by Gasteiger charge is -2.38. The Morgan fingerprint density at radius 3 is 1.63 bits per heavy atom. The van der Waals surface area contributed by atoms with Crippen LogP contribution in [0.4, 0.5) is 0 Å². The first-order valence-electron chi connectivity index (χ1n) is 5.91. The van der Waals surface area contributed by atoms with Crippen molar-refractivity contribution in [3.63, 3.8) is 0 Å². The molecule has 1 amide bonds. The molecular formula is C9H26N8OS. The first kappa shape index (κ1) is 18.5. The first-order valence-corrected chi connectivity index (χ1v) is 6.55. The summed E-state index contributed by atoms with van der Waals surface area (Å²) in [7, 11) is 0. The van der Waals surface area contributed by atoms with Crippen molar-refractivity contribution >= 4 is 18.5 Å². The minimum atomic E-state index is -0.875. The van der Waals surface area contributed by atoms with Gasteiger partial charge in [-0.25, -0.2) is 0 Å². The van der Waals surface area contributed by atoms with Gasteiger partial charge in [-0.1, -0.05) is 0 Å². The van der Waals surface area contributed by atoms with Crippen LogP contribution in [0.1, 0.15) is 6.42 Å². The van der Waals surface area contributed by atoms with Crippen LogP contribution in [0.3, 0.4) is 0 Å². The second-order valence-electron chi connectivity index (χ2n) is 4.45. The molecule has 0 radical (unpaired) electrons. The minimum Gasteiger partial charge on any atom is -0.341 e. The molecule has 114 valence electrons. The van der Waals surface area contributed by atoms with Gasteiger partial charge < -0.3 is 45.5 Å². The molecule has 0 spiro atoms. The Morgan fingerprint density at radius 1 is 0.895 bits per heavy atom. The van der Waals surface area contributed by atoms with E-state index >= 15 is 0 Å². The Kier molecular flexibility index (Phi) is 8.45. The molecule has 0 rings (SSSR count). The van der Waals surface area contributed by atoms with Crippen LogP contribution in [0, 0.1) is 11.8 Å². The predicted molar refractivity (Wildman–Crippen MR) is 78.1 cm³/mol. The third-order valence-electron chi connectivity index (χ3n) is 2.86. The van der Waals surface area contributed by atoms with E-state index < -0.39 is 36.5 Å². The number of nitrogens with two attached hydrogens (primary N) is 7. The fraction of sp³-hybridized carbons (Fsp3) is 0.889. The van der Waals surface area contributed by atoms with Crippen molar-refractivity contribution in [1.82, 2.24) is 5.32 Å². The second-order valence-corrected chi connectivity index (χ2v) is 4.90. The first-order chi connectivity index (χ1) is 8.72. The number of hydrogen-bond donors (Lipinski definition) is 9. The lowest BCUT2D eigenvalue weighted by molar-refractivity contribution is -0.122. The van der Waals surface area contributed by atoms with Crippen molar-refractivity contribution in [2.45, 2.75) is 31.1 Å². The summed E-state index contributed by atoms with van der Waals surface area (Å²) in [6, 6.07) is 0. The number of rotatable bonds is 8. The molecule has 0 aliphatic heterocycles. The molecule has 15 N–H and O–H groups in total. The van der Waals surface area contributed by atoms with Gasteiger partial charge >= 0.3 is 0 Å². The van der Waals surface area contributed by atoms with Crippen LogP contribution in [0.2, 0.25) is 0 Å². The number of thiol groups is 1. The van der Waals surface area contributed by atoms with Gasteiger partial charge in [-0.2, -0.15) is 12.6 Å². The van der Waals surface area contributed by atoms with Gasteiger partial charge in [0.1, 0.15) is 0 Å². The van der Waals surface area contributed by atoms with E-state index in [0.717, 1.165) is 0 Å². The lowest BCUT2D eigenvalue weighted by atomic mass is 9.83. The molecule has 0 heterocycles. The molecule has 0 aliphatic carbocycles. The molecule has 2 atom stereocenters. The van der Waals surface area contributed by atoms with Crippen LogP contribution < -0.4 is 45.5 Å². The van der Waals surface area contributed by atoms with Gasteiger partial charge in [-0.15, -0.1) is 0 Å². The van der Waals surface area contributed by atoms with Crippen LogP contribution in [-0.2, 0) is 4.79 Å². The summed E-state index contributed by atoms with van der Waals surface area (Å²) in [6.07, 6.45) is -3.21. The molecule has 9 nitrogen and oxygen atoms in total. The standard InChI is InChI=1S/C9H26N8OS/c10-6(11)4(7(12)13)5(8(14)15)9(16)17-3(18)1-2-19/h4-9,19H,1-2,10-16H2,(H,17,18). The number of amides is 1. The average molecular weight is 294 g/mol. The summed E-state index contributed by atoms with van der Waals surface area (Å²) < 4.78 is 0. The highest BCUT2D eigenvalue weighted by atomic mass is 32.1. The second kappa shape index (κ2) is 8.66. The van der Waals surface area contributed by atoms with Gasteiger partial charge in [0.15, 0.2) is 0 Å². The topological polar surface area (TPSA) is 211 Å². The smallest absolute Gasteiger partial charge is 0.222 e. The zero-order valence-corrected chi connectivity index (χ0v) is 11.7. The quantitative estimate of drug-likeness (QED) is 0.157. The van der Waals surface area contributed by atoms with E-state index in [1.807, 2.05) is 0 Å². The molecule has 0 aromatic rings. The van der Waals surface area contributed by atoms with Crippen LogP contribution >= 0.6 is 12.6 Å². The van der Waals surface area contributed by atoms with Crippen LogP contribution in [0.15, 0.2) is 0 Å². The molecule has 19 heavy (non-hydrogen) atoms. The zero-order chi connectivity index (χ0) is 15.2. The van der Waals surface area contributed by atoms with E-state index in [1.165, 1.54) is 0 Å². The maximum absolute atomic E-state index is 11.5. The Hall–Kier alpha value is -0.460. The Labute approximate surface area is 118 Å². The molecule has 0 saturated heterocycles. The monoisotopic (exact) mass is 294 g/mol. The van der Waals surface area contributed by atoms with Crippen LogP contribution in [0.5, 0.6) is 0 Å². The van der Waals surface area contributed by atoms with Gasteiger partial charge in [-0.05, 0) is 5.75 Å². The average Bonchev–Trinajstić information content (AvgIpc) is 2.23. The van der Waals surface area contributed by atoms with Gasteiger partial charge in [0.25, 0.3) is 0 Å². The predicted octanol–water partition coefficient (Wildman–Crippen LogP) is -4.33. The zero-order valence-electron chi connectivity index (χ0n) is 10.8. The van der Waals surface area contributed by atoms with E-state index in [1.54, 1.807) is 0 Å². The van der Waals surface area contributed by atoms with Crippen LogP contribution in [0.25, 0.3) is 0 Å². The number of carbonyl (C=O) groups is 1. The summed E-state index contributed by atoms with van der Waals surface area (Å²) in [4.78, 5) is 11.5. The summed E-state index contributed by atoms with van der Waals surface area (Å²) in [5.41, 5.74) is 39.8. The van der Waals surface area contributed by atoms with Gasteiger partial charge in [0.05, 0.1) is 24.7 Å². The molecule has 2 unspecified atom stereocenters. The van der Waals surface area contributed by atoms with E-state index in [-0.39, 0.29) is 12.3 Å². The summed E-state index contributed by atoms with van der Waals surface area (Å²) in [5.74, 6) is -1.16. The largest absolute Gasteiger partial charge is 0.341 e. The maximum Gasteiger partial charge on any atom is 0.222 e. The fourth-order valence-electron chi connectivity index (χ4n) is 1.96. The highest BCUT2D eigenvalue weighted by molar-refractivity contribution is 7.80. The fourth-order valence-corrected chi connectivity index (χ4v) is 2.16. The SMILES string of the molecule is NC(N)C(C(N)N)C(C(N)N)C(N)NC(=O)CCS. The van der Waals surface area contributed by atoms with Gasteiger partial charge in [0, 0.05) is 18.3 Å². The summed E-state index contributed by atoms with van der Waals surface area (Å²) in [5, 5.41) is 2.56. The molecule has 10 heteroatoms. The molecule has 0 aromatic heterocycles. The van der Waals surface area contributed by atoms with E-state index in [4.69, 9.17) is 40.1 Å². The van der Waals surface area contributed by atoms with Crippen LogP contribution in [-0.4, -0.2) is 36.3 Å². The van der Waals surface area contributed by atoms with Gasteiger partial charge in [-0.3, -0.25) is 4.79 Å². The Morgan fingerprint density at radius 2 is 1.32 bits per heavy atom.